The average Bonchev–Trinajstić information content (AvgIpc) is 2.77. The molecule has 0 atom stereocenters. The lowest BCUT2D eigenvalue weighted by Crippen LogP contribution is -2.28. The summed E-state index contributed by atoms with van der Waals surface area (Å²) in [6.07, 6.45) is 3.47. The minimum Gasteiger partial charge on any atom is -0.308 e. The summed E-state index contributed by atoms with van der Waals surface area (Å²) in [6, 6.07) is 25.9. The van der Waals surface area contributed by atoms with Gasteiger partial charge < -0.3 is 4.90 Å². The van der Waals surface area contributed by atoms with Crippen molar-refractivity contribution in [1.29, 1.82) is 0 Å². The van der Waals surface area contributed by atoms with E-state index < -0.39 is 0 Å². The Morgan fingerprint density at radius 1 is 0.897 bits per heavy atom. The van der Waals surface area contributed by atoms with Gasteiger partial charge in [0, 0.05) is 35.8 Å². The molecule has 3 aromatic carbocycles. The van der Waals surface area contributed by atoms with Gasteiger partial charge in [-0.25, -0.2) is 0 Å². The fourth-order valence-electron chi connectivity index (χ4n) is 3.34. The molecule has 0 bridgehead atoms. The molecule has 0 N–H and O–H groups in total. The predicted octanol–water partition coefficient (Wildman–Crippen LogP) is 5.19. The van der Waals surface area contributed by atoms with Crippen molar-refractivity contribution in [1.82, 2.24) is 4.98 Å². The smallest absolute Gasteiger partial charge is 0.224 e. The molecule has 3 nitrogen and oxygen atoms in total. The van der Waals surface area contributed by atoms with Gasteiger partial charge in [0.05, 0.1) is 12.2 Å². The Hall–Kier alpha value is -3.90. The summed E-state index contributed by atoms with van der Waals surface area (Å²) in [4.78, 5) is 18.5. The summed E-state index contributed by atoms with van der Waals surface area (Å²) in [7, 11) is 0. The van der Waals surface area contributed by atoms with Crippen LogP contribution in [-0.2, 0) is 11.3 Å². The Bertz CT molecular complexity index is 1210. The van der Waals surface area contributed by atoms with Crippen LogP contribution in [0.15, 0.2) is 91.3 Å². The topological polar surface area (TPSA) is 33.2 Å². The molecule has 0 aliphatic heterocycles. The molecule has 1 amide bonds. The van der Waals surface area contributed by atoms with E-state index in [0.29, 0.717) is 6.54 Å². The maximum Gasteiger partial charge on any atom is 0.224 e. The number of nitrogens with zero attached hydrogens (tertiary/aromatic N) is 2. The highest BCUT2D eigenvalue weighted by Crippen LogP contribution is 2.28. The van der Waals surface area contributed by atoms with Crippen LogP contribution in [0.2, 0.25) is 0 Å². The van der Waals surface area contributed by atoms with Crippen molar-refractivity contribution >= 4 is 22.4 Å². The van der Waals surface area contributed by atoms with Gasteiger partial charge in [-0.15, -0.1) is 0 Å². The molecule has 1 heterocycles. The summed E-state index contributed by atoms with van der Waals surface area (Å²) < 4.78 is 0. The van der Waals surface area contributed by atoms with Gasteiger partial charge in [0.1, 0.15) is 0 Å². The molecule has 4 aromatic rings. The van der Waals surface area contributed by atoms with Crippen LogP contribution in [-0.4, -0.2) is 10.9 Å². The van der Waals surface area contributed by atoms with Gasteiger partial charge in [-0.3, -0.25) is 9.78 Å². The highest BCUT2D eigenvalue weighted by Gasteiger charge is 2.16. The zero-order valence-corrected chi connectivity index (χ0v) is 16.2. The molecular weight excluding hydrogens is 356 g/mol. The minimum atomic E-state index is -0.00336. The Morgan fingerprint density at radius 2 is 1.69 bits per heavy atom. The van der Waals surface area contributed by atoms with Crippen molar-refractivity contribution < 1.29 is 4.79 Å². The number of anilines is 1. The predicted molar refractivity (Wildman–Crippen MR) is 117 cm³/mol. The molecule has 0 aliphatic carbocycles. The third kappa shape index (κ3) is 4.17. The Morgan fingerprint density at radius 3 is 2.52 bits per heavy atom. The second kappa shape index (κ2) is 8.41. The van der Waals surface area contributed by atoms with Gasteiger partial charge >= 0.3 is 0 Å². The maximum atomic E-state index is 12.6. The number of aromatic nitrogens is 1. The van der Waals surface area contributed by atoms with Gasteiger partial charge in [0.15, 0.2) is 0 Å². The fourth-order valence-corrected chi connectivity index (χ4v) is 3.34. The third-order valence-corrected chi connectivity index (χ3v) is 4.79. The zero-order valence-electron chi connectivity index (χ0n) is 16.2. The SMILES string of the molecule is CC(=O)N(Cc1ccccc1C#Cc1cccnc1)c1cccc2ccccc12. The molecule has 0 saturated carbocycles. The summed E-state index contributed by atoms with van der Waals surface area (Å²) in [5, 5.41) is 2.17. The van der Waals surface area contributed by atoms with E-state index in [4.69, 9.17) is 0 Å². The van der Waals surface area contributed by atoms with Gasteiger partial charge in [0.25, 0.3) is 0 Å². The van der Waals surface area contributed by atoms with Crippen LogP contribution in [0.25, 0.3) is 10.8 Å². The Balaban J connectivity index is 1.72. The number of hydrogen-bond acceptors (Lipinski definition) is 2. The number of benzene rings is 3. The van der Waals surface area contributed by atoms with Crippen LogP contribution < -0.4 is 4.90 Å². The Labute approximate surface area is 170 Å². The second-order valence-electron chi connectivity index (χ2n) is 6.75. The molecule has 0 fully saturated rings. The van der Waals surface area contributed by atoms with Crippen molar-refractivity contribution in [2.45, 2.75) is 13.5 Å². The monoisotopic (exact) mass is 376 g/mol. The van der Waals surface area contributed by atoms with Crippen molar-refractivity contribution in [3.05, 3.63) is 108 Å². The van der Waals surface area contributed by atoms with Crippen LogP contribution in [0.3, 0.4) is 0 Å². The second-order valence-corrected chi connectivity index (χ2v) is 6.75. The van der Waals surface area contributed by atoms with Gasteiger partial charge in [-0.1, -0.05) is 66.4 Å². The first-order valence-corrected chi connectivity index (χ1v) is 9.48. The van der Waals surface area contributed by atoms with E-state index in [1.165, 1.54) is 0 Å². The van der Waals surface area contributed by atoms with E-state index in [-0.39, 0.29) is 5.91 Å². The lowest BCUT2D eigenvalue weighted by atomic mass is 10.0. The largest absolute Gasteiger partial charge is 0.308 e. The Kier molecular flexibility index (Phi) is 5.36. The van der Waals surface area contributed by atoms with E-state index in [2.05, 4.69) is 35.0 Å². The lowest BCUT2D eigenvalue weighted by Gasteiger charge is -2.23. The van der Waals surface area contributed by atoms with Crippen LogP contribution >= 0.6 is 0 Å². The number of pyridine rings is 1. The van der Waals surface area contributed by atoms with Crippen LogP contribution in [0, 0.1) is 11.8 Å². The summed E-state index contributed by atoms with van der Waals surface area (Å²) in [5.41, 5.74) is 3.68. The molecule has 1 aromatic heterocycles. The highest BCUT2D eigenvalue weighted by molar-refractivity contribution is 6.02. The summed E-state index contributed by atoms with van der Waals surface area (Å²) in [6.45, 7) is 2.06. The molecule has 3 heteroatoms. The molecule has 29 heavy (non-hydrogen) atoms. The molecule has 4 rings (SSSR count). The third-order valence-electron chi connectivity index (χ3n) is 4.79. The summed E-state index contributed by atoms with van der Waals surface area (Å²) in [5.74, 6) is 6.39. The first kappa shape index (κ1) is 18.5. The normalized spacial score (nSPS) is 10.2. The molecular formula is C26H20N2O. The first-order chi connectivity index (χ1) is 14.2. The number of rotatable bonds is 3. The molecule has 0 unspecified atom stereocenters. The van der Waals surface area contributed by atoms with Crippen molar-refractivity contribution in [3.8, 4) is 11.8 Å². The molecule has 0 saturated heterocycles. The zero-order chi connectivity index (χ0) is 20.1. The molecule has 0 spiro atoms. The number of hydrogen-bond donors (Lipinski definition) is 0. The first-order valence-electron chi connectivity index (χ1n) is 9.48. The highest BCUT2D eigenvalue weighted by atomic mass is 16.2. The molecule has 0 aliphatic rings. The van der Waals surface area contributed by atoms with E-state index in [0.717, 1.165) is 33.2 Å². The van der Waals surface area contributed by atoms with E-state index in [1.807, 2.05) is 65.6 Å². The van der Waals surface area contributed by atoms with Crippen molar-refractivity contribution in [2.24, 2.45) is 0 Å². The summed E-state index contributed by atoms with van der Waals surface area (Å²) >= 11 is 0. The fraction of sp³-hybridized carbons (Fsp3) is 0.0769. The van der Waals surface area contributed by atoms with Crippen LogP contribution in [0.4, 0.5) is 5.69 Å². The number of amides is 1. The quantitative estimate of drug-likeness (QED) is 0.461. The van der Waals surface area contributed by atoms with Gasteiger partial charge in [-0.2, -0.15) is 0 Å². The van der Waals surface area contributed by atoms with Crippen molar-refractivity contribution in [3.63, 3.8) is 0 Å². The van der Waals surface area contributed by atoms with Gasteiger partial charge in [0.2, 0.25) is 5.91 Å². The van der Waals surface area contributed by atoms with Crippen molar-refractivity contribution in [2.75, 3.05) is 4.90 Å². The maximum absolute atomic E-state index is 12.6. The van der Waals surface area contributed by atoms with E-state index in [9.17, 15) is 4.79 Å². The average molecular weight is 376 g/mol. The lowest BCUT2D eigenvalue weighted by molar-refractivity contribution is -0.116. The van der Waals surface area contributed by atoms with E-state index in [1.54, 1.807) is 19.3 Å². The number of carbonyl (C=O) groups excluding carboxylic acids is 1. The number of carbonyl (C=O) groups is 1. The standard InChI is InChI=1S/C26H20N2O/c1-20(29)28(26-14-6-12-23-10-4-5-13-25(23)26)19-24-11-3-2-9-22(24)16-15-21-8-7-17-27-18-21/h2-14,17-18H,19H2,1H3. The van der Waals surface area contributed by atoms with Crippen LogP contribution in [0.1, 0.15) is 23.6 Å². The molecule has 0 radical (unpaired) electrons. The molecule has 140 valence electrons. The number of fused-ring (bicyclic) bond motifs is 1. The minimum absolute atomic E-state index is 0.00336. The van der Waals surface area contributed by atoms with Crippen LogP contribution in [0.5, 0.6) is 0 Å². The van der Waals surface area contributed by atoms with E-state index >= 15 is 0 Å². The van der Waals surface area contributed by atoms with Gasteiger partial charge in [-0.05, 0) is 35.2 Å².